The zero-order chi connectivity index (χ0) is 18.5. The van der Waals surface area contributed by atoms with Crippen LogP contribution in [0.5, 0.6) is 0 Å². The Hall–Kier alpha value is -3.28. The highest BCUT2D eigenvalue weighted by Gasteiger charge is 2.08. The molecule has 0 aliphatic carbocycles. The number of halogens is 1. The first-order valence-corrected chi connectivity index (χ1v) is 8.26. The number of anilines is 1. The molecule has 5 nitrogen and oxygen atoms in total. The van der Waals surface area contributed by atoms with Crippen LogP contribution in [-0.4, -0.2) is 22.6 Å². The largest absolute Gasteiger partial charge is 0.368 e. The Bertz CT molecular complexity index is 912. The summed E-state index contributed by atoms with van der Waals surface area (Å²) in [7, 11) is 0. The lowest BCUT2D eigenvalue weighted by molar-refractivity contribution is 0.100. The highest BCUT2D eigenvalue weighted by molar-refractivity contribution is 5.93. The number of nitrogens with two attached hydrogens (primary N) is 1. The number of nitrogens with one attached hydrogen (secondary N) is 1. The lowest BCUT2D eigenvalue weighted by atomic mass is 10.0. The molecule has 0 saturated heterocycles. The summed E-state index contributed by atoms with van der Waals surface area (Å²) >= 11 is 0. The zero-order valence-electron chi connectivity index (χ0n) is 14.3. The molecule has 3 rings (SSSR count). The lowest BCUT2D eigenvalue weighted by Gasteiger charge is -2.13. The van der Waals surface area contributed by atoms with Crippen LogP contribution in [0.3, 0.4) is 0 Å². The molecule has 0 aliphatic heterocycles. The maximum Gasteiger partial charge on any atom is 0.248 e. The number of carbonyl (C=O) groups excluding carboxylic acids is 1. The predicted molar refractivity (Wildman–Crippen MR) is 99.3 cm³/mol. The molecule has 0 bridgehead atoms. The Morgan fingerprint density at radius 1 is 1.12 bits per heavy atom. The average molecular weight is 350 g/mol. The number of carbonyl (C=O) groups is 1. The standard InChI is InChI=1S/C20H19FN4O/c1-13(14-4-3-7-17(21)11-14)12-23-19-9-8-18(24-25-19)15-5-2-6-16(10-15)20(22)26/h2-11,13H,12H2,1H3,(H2,22,26)(H,23,25). The van der Waals surface area contributed by atoms with Crippen molar-refractivity contribution in [3.8, 4) is 11.3 Å². The minimum Gasteiger partial charge on any atom is -0.368 e. The van der Waals surface area contributed by atoms with Gasteiger partial charge in [0.25, 0.3) is 0 Å². The third kappa shape index (κ3) is 4.22. The minimum atomic E-state index is -0.482. The van der Waals surface area contributed by atoms with Crippen molar-refractivity contribution in [2.24, 2.45) is 5.73 Å². The summed E-state index contributed by atoms with van der Waals surface area (Å²) < 4.78 is 13.3. The van der Waals surface area contributed by atoms with Crippen molar-refractivity contribution in [3.05, 3.63) is 77.6 Å². The highest BCUT2D eigenvalue weighted by atomic mass is 19.1. The van der Waals surface area contributed by atoms with Crippen LogP contribution in [0, 0.1) is 5.82 Å². The van der Waals surface area contributed by atoms with Crippen LogP contribution < -0.4 is 11.1 Å². The normalized spacial score (nSPS) is 11.8. The number of hydrogen-bond acceptors (Lipinski definition) is 4. The fourth-order valence-electron chi connectivity index (χ4n) is 2.60. The van der Waals surface area contributed by atoms with Gasteiger partial charge in [-0.3, -0.25) is 4.79 Å². The molecule has 0 spiro atoms. The molecule has 1 heterocycles. The van der Waals surface area contributed by atoms with Gasteiger partial charge in [-0.1, -0.05) is 31.2 Å². The second-order valence-electron chi connectivity index (χ2n) is 6.09. The molecule has 3 aromatic rings. The molecule has 0 fully saturated rings. The maximum absolute atomic E-state index is 13.3. The predicted octanol–water partition coefficient (Wildman–Crippen LogP) is 3.60. The molecule has 1 aromatic heterocycles. The lowest BCUT2D eigenvalue weighted by Crippen LogP contribution is -2.11. The van der Waals surface area contributed by atoms with Gasteiger partial charge < -0.3 is 11.1 Å². The van der Waals surface area contributed by atoms with E-state index in [-0.39, 0.29) is 11.7 Å². The van der Waals surface area contributed by atoms with Gasteiger partial charge in [-0.15, -0.1) is 10.2 Å². The van der Waals surface area contributed by atoms with Crippen molar-refractivity contribution in [1.29, 1.82) is 0 Å². The monoisotopic (exact) mass is 350 g/mol. The second-order valence-corrected chi connectivity index (χ2v) is 6.09. The second kappa shape index (κ2) is 7.74. The van der Waals surface area contributed by atoms with Crippen LogP contribution in [0.1, 0.15) is 28.8 Å². The van der Waals surface area contributed by atoms with Gasteiger partial charge in [-0.05, 0) is 47.9 Å². The molecular weight excluding hydrogens is 331 g/mol. The molecular formula is C20H19FN4O. The first-order chi connectivity index (χ1) is 12.5. The Morgan fingerprint density at radius 3 is 2.62 bits per heavy atom. The topological polar surface area (TPSA) is 80.9 Å². The van der Waals surface area contributed by atoms with E-state index in [2.05, 4.69) is 15.5 Å². The molecule has 0 radical (unpaired) electrons. The van der Waals surface area contributed by atoms with E-state index in [9.17, 15) is 9.18 Å². The number of nitrogens with zero attached hydrogens (tertiary/aromatic N) is 2. The van der Waals surface area contributed by atoms with Gasteiger partial charge in [0.2, 0.25) is 5.91 Å². The summed E-state index contributed by atoms with van der Waals surface area (Å²) in [5.74, 6) is 0.0311. The van der Waals surface area contributed by atoms with E-state index in [0.717, 1.165) is 11.1 Å². The smallest absolute Gasteiger partial charge is 0.248 e. The van der Waals surface area contributed by atoms with E-state index < -0.39 is 5.91 Å². The molecule has 2 aromatic carbocycles. The highest BCUT2D eigenvalue weighted by Crippen LogP contribution is 2.20. The SMILES string of the molecule is CC(CNc1ccc(-c2cccc(C(N)=O)c2)nn1)c1cccc(F)c1. The summed E-state index contributed by atoms with van der Waals surface area (Å²) in [6, 6.07) is 17.1. The summed E-state index contributed by atoms with van der Waals surface area (Å²) in [5.41, 5.74) is 8.07. The number of amides is 1. The van der Waals surface area contributed by atoms with Gasteiger partial charge in [0.05, 0.1) is 5.69 Å². The number of benzene rings is 2. The molecule has 1 amide bonds. The van der Waals surface area contributed by atoms with Gasteiger partial charge in [0, 0.05) is 17.7 Å². The van der Waals surface area contributed by atoms with Crippen LogP contribution in [0.2, 0.25) is 0 Å². The number of primary amides is 1. The molecule has 0 saturated carbocycles. The third-order valence-corrected chi connectivity index (χ3v) is 4.11. The van der Waals surface area contributed by atoms with E-state index in [4.69, 9.17) is 5.73 Å². The molecule has 0 aliphatic rings. The van der Waals surface area contributed by atoms with Crippen molar-refractivity contribution in [1.82, 2.24) is 10.2 Å². The van der Waals surface area contributed by atoms with Crippen molar-refractivity contribution in [2.45, 2.75) is 12.8 Å². The molecule has 132 valence electrons. The van der Waals surface area contributed by atoms with Gasteiger partial charge in [0.1, 0.15) is 11.6 Å². The summed E-state index contributed by atoms with van der Waals surface area (Å²) in [6.45, 7) is 2.62. The fourth-order valence-corrected chi connectivity index (χ4v) is 2.60. The Kier molecular flexibility index (Phi) is 5.22. The van der Waals surface area contributed by atoms with Crippen LogP contribution >= 0.6 is 0 Å². The van der Waals surface area contributed by atoms with Crippen LogP contribution in [0.4, 0.5) is 10.2 Å². The van der Waals surface area contributed by atoms with Crippen LogP contribution in [-0.2, 0) is 0 Å². The van der Waals surface area contributed by atoms with Crippen LogP contribution in [0.25, 0.3) is 11.3 Å². The van der Waals surface area contributed by atoms with E-state index in [1.165, 1.54) is 12.1 Å². The molecule has 1 unspecified atom stereocenters. The molecule has 3 N–H and O–H groups in total. The average Bonchev–Trinajstić information content (AvgIpc) is 2.66. The zero-order valence-corrected chi connectivity index (χ0v) is 14.3. The van der Waals surface area contributed by atoms with Gasteiger partial charge >= 0.3 is 0 Å². The Labute approximate surface area is 151 Å². The van der Waals surface area contributed by atoms with Crippen molar-refractivity contribution in [2.75, 3.05) is 11.9 Å². The first-order valence-electron chi connectivity index (χ1n) is 8.26. The maximum atomic E-state index is 13.3. The fraction of sp³-hybridized carbons (Fsp3) is 0.150. The molecule has 26 heavy (non-hydrogen) atoms. The molecule has 6 heteroatoms. The number of hydrogen-bond donors (Lipinski definition) is 2. The van der Waals surface area contributed by atoms with Crippen molar-refractivity contribution >= 4 is 11.7 Å². The number of rotatable bonds is 6. The Morgan fingerprint density at radius 2 is 1.92 bits per heavy atom. The quantitative estimate of drug-likeness (QED) is 0.712. The van der Waals surface area contributed by atoms with Gasteiger partial charge in [0.15, 0.2) is 0 Å². The minimum absolute atomic E-state index is 0.124. The van der Waals surface area contributed by atoms with E-state index in [1.54, 1.807) is 24.3 Å². The summed E-state index contributed by atoms with van der Waals surface area (Å²) in [5, 5.41) is 11.6. The van der Waals surface area contributed by atoms with E-state index in [1.807, 2.05) is 31.2 Å². The van der Waals surface area contributed by atoms with E-state index in [0.29, 0.717) is 23.6 Å². The summed E-state index contributed by atoms with van der Waals surface area (Å²) in [6.07, 6.45) is 0. The van der Waals surface area contributed by atoms with Crippen molar-refractivity contribution in [3.63, 3.8) is 0 Å². The first kappa shape index (κ1) is 17.5. The number of aromatic nitrogens is 2. The van der Waals surface area contributed by atoms with E-state index >= 15 is 0 Å². The summed E-state index contributed by atoms with van der Waals surface area (Å²) in [4.78, 5) is 11.3. The van der Waals surface area contributed by atoms with Gasteiger partial charge in [-0.2, -0.15) is 0 Å². The molecule has 1 atom stereocenters. The van der Waals surface area contributed by atoms with Crippen LogP contribution in [0.15, 0.2) is 60.7 Å². The van der Waals surface area contributed by atoms with Crippen molar-refractivity contribution < 1.29 is 9.18 Å². The Balaban J connectivity index is 1.66. The third-order valence-electron chi connectivity index (χ3n) is 4.11. The van der Waals surface area contributed by atoms with Gasteiger partial charge in [-0.25, -0.2) is 4.39 Å².